The number of aryl methyl sites for hydroxylation is 1. The molecule has 704 valence electrons. The van der Waals surface area contributed by atoms with Gasteiger partial charge in [0.15, 0.2) is 11.4 Å². The summed E-state index contributed by atoms with van der Waals surface area (Å²) >= 11 is 12.5. The third kappa shape index (κ3) is 21.4. The second-order valence-corrected chi connectivity index (χ2v) is 40.2. The Hall–Kier alpha value is -15.6. The Morgan fingerprint density at radius 3 is 1.25 bits per heavy atom. The normalized spacial score (nSPS) is 13.6. The van der Waals surface area contributed by atoms with E-state index in [0.29, 0.717) is 40.2 Å². The van der Waals surface area contributed by atoms with Crippen molar-refractivity contribution in [3.8, 4) is 11.8 Å². The van der Waals surface area contributed by atoms with Crippen LogP contribution in [-0.4, -0.2) is 112 Å². The summed E-state index contributed by atoms with van der Waals surface area (Å²) in [6, 6.07) is 51.5. The first kappa shape index (κ1) is 99.9. The van der Waals surface area contributed by atoms with Crippen LogP contribution in [0.1, 0.15) is 169 Å². The number of ether oxygens (including phenoxy) is 1. The first-order valence-electron chi connectivity index (χ1n) is 40.4. The van der Waals surface area contributed by atoms with Gasteiger partial charge in [0.1, 0.15) is 29.1 Å². The molecule has 0 fully saturated rings. The molecule has 8 amide bonds. The van der Waals surface area contributed by atoms with Gasteiger partial charge in [0, 0.05) is 12.4 Å². The molecule has 4 aliphatic rings. The van der Waals surface area contributed by atoms with E-state index in [1.165, 1.54) is 115 Å². The number of carbonyl (C=O) groups excluding carboxylic acids is 8. The van der Waals surface area contributed by atoms with Gasteiger partial charge in [-0.15, -0.1) is 13.2 Å². The fourth-order valence-electron chi connectivity index (χ4n) is 14.4. The van der Waals surface area contributed by atoms with E-state index in [1.54, 1.807) is 79.1 Å². The molecule has 4 N–H and O–H groups in total. The number of hydrogen-bond donors (Lipinski definition) is 4. The van der Waals surface area contributed by atoms with Gasteiger partial charge in [-0.1, -0.05) is 156 Å². The summed E-state index contributed by atoms with van der Waals surface area (Å²) in [5, 5.41) is 9.17. The van der Waals surface area contributed by atoms with Crippen molar-refractivity contribution in [1.29, 1.82) is 5.26 Å². The summed E-state index contributed by atoms with van der Waals surface area (Å²) in [4.78, 5) is 122. The highest BCUT2D eigenvalue weighted by Gasteiger charge is 2.46. The highest BCUT2D eigenvalue weighted by Crippen LogP contribution is 2.43. The Labute approximate surface area is 794 Å². The van der Waals surface area contributed by atoms with Gasteiger partial charge in [-0.2, -0.15) is 18.4 Å². The molecule has 0 aliphatic carbocycles. The number of amides is 8. The summed E-state index contributed by atoms with van der Waals surface area (Å²) in [5.41, 5.74) is 1.63. The maximum Gasteiger partial charge on any atom is 0.573 e. The number of imide groups is 4. The summed E-state index contributed by atoms with van der Waals surface area (Å²) in [6.07, 6.45) is -6.85. The van der Waals surface area contributed by atoms with E-state index in [4.69, 9.17) is 41.6 Å². The van der Waals surface area contributed by atoms with Crippen LogP contribution in [0.25, 0.3) is 9.69 Å². The lowest BCUT2D eigenvalue weighted by Crippen LogP contribution is -2.30. The van der Waals surface area contributed by atoms with Crippen molar-refractivity contribution in [2.45, 2.75) is 111 Å². The largest absolute Gasteiger partial charge is 0.573 e. The number of rotatable bonds is 20. The Morgan fingerprint density at radius 1 is 0.435 bits per heavy atom. The second kappa shape index (κ2) is 38.7. The van der Waals surface area contributed by atoms with Crippen molar-refractivity contribution in [3.63, 3.8) is 0 Å². The maximum atomic E-state index is 13.6. The Bertz CT molecular complexity index is 7720. The zero-order valence-corrected chi connectivity index (χ0v) is 77.4. The SMILES string of the molecule is CC(C)(C)c1ccc(S(=O)(=O)Nc2ccc(Cl)c3c2C(=O)N(c2cccc(C#N)n2)C3=O)cc1.Cc1ccncc1CN1C(=O)c2c(Cl)ccc(NS(=O)(=O)c3ccc(C(C)(C)C)cc3)c2C1=O.[C-]#[N+]c1cccc(CN2C(=O)c3cccc(NS(=O)(=O)c4ccc(F)c(C(F)(F)F)c4)c3C2=O)c1.[C-]#[N+]c1cccc(CN2C(=O)c3cccc(NS(=O)(=O)c4ccc(OC(F)(F)F)cc4)c3C2=O)c1. The smallest absolute Gasteiger partial charge is 0.406 e. The molecule has 6 heterocycles. The van der Waals surface area contributed by atoms with E-state index in [1.807, 2.05) is 59.3 Å². The van der Waals surface area contributed by atoms with Crippen LogP contribution >= 0.6 is 23.2 Å². The number of alkyl halides is 6. The van der Waals surface area contributed by atoms with Crippen LogP contribution in [0.5, 0.6) is 5.75 Å². The van der Waals surface area contributed by atoms with Gasteiger partial charge < -0.3 is 4.74 Å². The molecule has 12 aromatic rings. The third-order valence-corrected chi connectivity index (χ3v) is 27.5. The number of nitriles is 1. The number of carbonyl (C=O) groups is 8. The predicted molar refractivity (Wildman–Crippen MR) is 491 cm³/mol. The highest BCUT2D eigenvalue weighted by atomic mass is 35.5. The zero-order chi connectivity index (χ0) is 101. The van der Waals surface area contributed by atoms with Crippen LogP contribution < -0.4 is 28.5 Å². The standard InChI is InChI=1S/C25H24ClN3O4S.C24H19ClN4O4S.C23H13F4N3O4S.C23H14F3N3O5S/c1-15-11-12-27-13-16(15)14-29-23(30)21-19(26)9-10-20(22(21)24(29)31)28-34(32,33)18-7-5-17(6-8-18)25(2,3)4;1-24(2,3)14-7-9-16(10-8-14)34(32,33)28-18-12-11-17(25)20-21(18)23(31)29(22(20)30)19-6-4-5-15(13-26)27-19;1-28-14-5-2-4-13(10-14)12-30-21(31)16-6-3-7-19(20(16)22(30)32)29-35(33,34)15-8-9-18(24)17(11-15)23(25,26)27;1-27-15-5-2-4-14(12-15)13-29-21(30)18-6-3-7-19(20(18)22(29)31)28-35(32,33)17-10-8-16(9-11-17)34-23(24,25)26/h5-13,28H,14H2,1-4H3;4-12,28H,1-3H3;2-11,29H,12H2;2-12,28H,13H2. The lowest BCUT2D eigenvalue weighted by atomic mass is 9.87. The Morgan fingerprint density at radius 2 is 0.819 bits per heavy atom. The maximum absolute atomic E-state index is 13.6. The Balaban J connectivity index is 0.000000155. The zero-order valence-electron chi connectivity index (χ0n) is 72.6. The van der Waals surface area contributed by atoms with Gasteiger partial charge in [-0.3, -0.25) is 76.9 Å². The van der Waals surface area contributed by atoms with Crippen LogP contribution in [0.15, 0.2) is 256 Å². The number of anilines is 5. The molecular weight excluding hydrogens is 1930 g/mol. The van der Waals surface area contributed by atoms with Crippen molar-refractivity contribution >= 4 is 150 Å². The van der Waals surface area contributed by atoms with E-state index < -0.39 is 122 Å². The van der Waals surface area contributed by atoms with Gasteiger partial charge in [-0.05, 0) is 185 Å². The van der Waals surface area contributed by atoms with E-state index >= 15 is 0 Å². The van der Waals surface area contributed by atoms with Crippen LogP contribution in [0.2, 0.25) is 10.0 Å². The minimum Gasteiger partial charge on any atom is -0.406 e. The topological polar surface area (TPSA) is 402 Å². The molecule has 0 unspecified atom stereocenters. The number of hydrogen-bond acceptors (Lipinski definition) is 20. The van der Waals surface area contributed by atoms with Gasteiger partial charge in [-0.25, -0.2) is 57.6 Å². The molecule has 16 rings (SSSR count). The average molecular weight is 2000 g/mol. The quantitative estimate of drug-likeness (QED) is 0.0313. The molecule has 10 aromatic carbocycles. The van der Waals surface area contributed by atoms with E-state index in [-0.39, 0.29) is 140 Å². The van der Waals surface area contributed by atoms with Gasteiger partial charge in [0.05, 0.1) is 135 Å². The highest BCUT2D eigenvalue weighted by molar-refractivity contribution is 7.93. The van der Waals surface area contributed by atoms with Crippen LogP contribution in [-0.2, 0) is 76.7 Å². The number of fused-ring (bicyclic) bond motifs is 4. The number of benzene rings is 10. The molecule has 43 heteroatoms. The van der Waals surface area contributed by atoms with E-state index in [2.05, 4.69) is 38.6 Å². The fourth-order valence-corrected chi connectivity index (χ4v) is 19.2. The molecule has 30 nitrogen and oxygen atoms in total. The van der Waals surface area contributed by atoms with E-state index in [0.717, 1.165) is 60.6 Å². The second-order valence-electron chi connectivity index (χ2n) is 32.7. The number of sulfonamides is 4. The first-order chi connectivity index (χ1) is 64.7. The molecule has 4 aliphatic heterocycles. The molecule has 0 bridgehead atoms. The summed E-state index contributed by atoms with van der Waals surface area (Å²) in [5.74, 6) is -7.96. The molecule has 0 spiro atoms. The summed E-state index contributed by atoms with van der Waals surface area (Å²) < 4.78 is 206. The molecule has 138 heavy (non-hydrogen) atoms. The third-order valence-electron chi connectivity index (χ3n) is 21.3. The van der Waals surface area contributed by atoms with Gasteiger partial charge in [0.25, 0.3) is 87.4 Å². The van der Waals surface area contributed by atoms with Crippen molar-refractivity contribution in [3.05, 3.63) is 365 Å². The number of pyridine rings is 2. The minimum absolute atomic E-state index is 0.00113. The fraction of sp³-hybridized carbons (Fsp3) is 0.147. The minimum atomic E-state index is -5.13. The lowest BCUT2D eigenvalue weighted by molar-refractivity contribution is -0.274. The predicted octanol–water partition coefficient (Wildman–Crippen LogP) is 19.2. The van der Waals surface area contributed by atoms with Crippen LogP contribution in [0.3, 0.4) is 0 Å². The summed E-state index contributed by atoms with van der Waals surface area (Å²) in [6.45, 7) is 27.9. The molecule has 0 saturated carbocycles. The first-order valence-corrected chi connectivity index (χ1v) is 47.1. The number of aromatic nitrogens is 2. The van der Waals surface area contributed by atoms with Gasteiger partial charge >= 0.3 is 12.5 Å². The molecular formula is C95H70Cl2F7N13O17S4. The Kier molecular flexibility index (Phi) is 28.0. The van der Waals surface area contributed by atoms with Crippen LogP contribution in [0, 0.1) is 37.2 Å². The molecule has 2 aromatic heterocycles. The molecule has 0 atom stereocenters. The van der Waals surface area contributed by atoms with Crippen molar-refractivity contribution < 1.29 is 107 Å². The molecule has 0 saturated heterocycles. The van der Waals surface area contributed by atoms with Crippen molar-refractivity contribution in [2.75, 3.05) is 23.8 Å². The average Bonchev–Trinajstić information content (AvgIpc) is 1.58. The van der Waals surface area contributed by atoms with Crippen molar-refractivity contribution in [2.24, 2.45) is 0 Å². The lowest BCUT2D eigenvalue weighted by Gasteiger charge is -2.19. The van der Waals surface area contributed by atoms with Gasteiger partial charge in [0.2, 0.25) is 0 Å². The number of nitrogens with zero attached hydrogens (tertiary/aromatic N) is 9. The number of nitrogens with one attached hydrogen (secondary N) is 4. The van der Waals surface area contributed by atoms with Crippen molar-refractivity contribution in [1.82, 2.24) is 24.7 Å². The summed E-state index contributed by atoms with van der Waals surface area (Å²) in [7, 11) is -17.1. The monoisotopic (exact) mass is 2000 g/mol. The van der Waals surface area contributed by atoms with Crippen LogP contribution in [0.4, 0.5) is 70.7 Å². The van der Waals surface area contributed by atoms with E-state index in [9.17, 15) is 103 Å². The number of halogens is 9. The molecule has 0 radical (unpaired) electrons.